The molecule has 1 aromatic carbocycles. The minimum absolute atomic E-state index is 0.202. The van der Waals surface area contributed by atoms with Crippen LogP contribution in [0.15, 0.2) is 24.3 Å². The number of carbonyl (C=O) groups excluding carboxylic acids is 1. The van der Waals surface area contributed by atoms with Gasteiger partial charge in [-0.25, -0.2) is 9.78 Å². The molecule has 1 aliphatic rings. The first-order valence-electron chi connectivity index (χ1n) is 8.52. The predicted molar refractivity (Wildman–Crippen MR) is 93.5 cm³/mol. The van der Waals surface area contributed by atoms with Crippen LogP contribution in [-0.2, 0) is 10.2 Å². The lowest BCUT2D eigenvalue weighted by Gasteiger charge is -2.32. The highest BCUT2D eigenvalue weighted by Crippen LogP contribution is 2.40. The third-order valence-electron chi connectivity index (χ3n) is 5.04. The molecule has 8 nitrogen and oxygen atoms in total. The van der Waals surface area contributed by atoms with Gasteiger partial charge < -0.3 is 15.8 Å². The minimum Gasteiger partial charge on any atom is -0.481 e. The molecule has 1 amide bonds. The highest BCUT2D eigenvalue weighted by atomic mass is 16.4. The van der Waals surface area contributed by atoms with Crippen LogP contribution < -0.4 is 5.73 Å². The number of carbonyl (C=O) groups is 2. The van der Waals surface area contributed by atoms with Crippen LogP contribution in [0, 0.1) is 6.07 Å². The SMILES string of the molecule is NC(=O)n1nc(-c2nc3ccccc3[nH]2)[c]c1C1(C(=O)O)CCCCC1. The Balaban J connectivity index is 1.87. The molecule has 1 radical (unpaired) electrons. The molecule has 0 spiro atoms. The van der Waals surface area contributed by atoms with Crippen LogP contribution in [-0.4, -0.2) is 36.9 Å². The Morgan fingerprint density at radius 1 is 1.23 bits per heavy atom. The number of rotatable bonds is 3. The van der Waals surface area contributed by atoms with Crippen molar-refractivity contribution >= 4 is 23.0 Å². The molecule has 0 aliphatic heterocycles. The first kappa shape index (κ1) is 16.3. The zero-order valence-electron chi connectivity index (χ0n) is 14.0. The highest BCUT2D eigenvalue weighted by molar-refractivity contribution is 5.85. The molecule has 4 N–H and O–H groups in total. The zero-order valence-corrected chi connectivity index (χ0v) is 14.0. The molecule has 1 aliphatic carbocycles. The fourth-order valence-electron chi connectivity index (χ4n) is 3.70. The number of carboxylic acids is 1. The van der Waals surface area contributed by atoms with Crippen LogP contribution >= 0.6 is 0 Å². The molecular weight excluding hydrogens is 334 g/mol. The Bertz CT molecular complexity index is 964. The third-order valence-corrected chi connectivity index (χ3v) is 5.04. The predicted octanol–water partition coefficient (Wildman–Crippen LogP) is 2.44. The summed E-state index contributed by atoms with van der Waals surface area (Å²) in [5.74, 6) is -0.559. The Morgan fingerprint density at radius 3 is 2.62 bits per heavy atom. The number of benzene rings is 1. The summed E-state index contributed by atoms with van der Waals surface area (Å²) in [6.45, 7) is 0. The summed E-state index contributed by atoms with van der Waals surface area (Å²) in [7, 11) is 0. The molecule has 133 valence electrons. The van der Waals surface area contributed by atoms with Crippen molar-refractivity contribution in [3.8, 4) is 11.5 Å². The number of primary amides is 1. The van der Waals surface area contributed by atoms with E-state index in [1.54, 1.807) is 0 Å². The van der Waals surface area contributed by atoms with E-state index < -0.39 is 17.4 Å². The number of amides is 1. The van der Waals surface area contributed by atoms with Gasteiger partial charge in [0.1, 0.15) is 11.1 Å². The van der Waals surface area contributed by atoms with Crippen LogP contribution in [0.5, 0.6) is 0 Å². The van der Waals surface area contributed by atoms with E-state index in [0.717, 1.165) is 35.0 Å². The van der Waals surface area contributed by atoms with Crippen molar-refractivity contribution in [2.24, 2.45) is 5.73 Å². The van der Waals surface area contributed by atoms with Crippen molar-refractivity contribution in [1.82, 2.24) is 19.7 Å². The van der Waals surface area contributed by atoms with Gasteiger partial charge in [0, 0.05) is 6.07 Å². The second-order valence-corrected chi connectivity index (χ2v) is 6.62. The van der Waals surface area contributed by atoms with Crippen molar-refractivity contribution in [1.29, 1.82) is 0 Å². The van der Waals surface area contributed by atoms with Crippen molar-refractivity contribution in [2.45, 2.75) is 37.5 Å². The number of nitrogens with one attached hydrogen (secondary N) is 1. The number of fused-ring (bicyclic) bond motifs is 1. The molecule has 0 saturated heterocycles. The van der Waals surface area contributed by atoms with E-state index in [4.69, 9.17) is 5.73 Å². The number of nitrogens with zero attached hydrogens (tertiary/aromatic N) is 3. The molecule has 8 heteroatoms. The number of aromatic amines is 1. The van der Waals surface area contributed by atoms with Crippen LogP contribution in [0.25, 0.3) is 22.6 Å². The molecule has 4 rings (SSSR count). The molecule has 1 fully saturated rings. The number of imidazole rings is 1. The van der Waals surface area contributed by atoms with E-state index in [1.807, 2.05) is 24.3 Å². The fourth-order valence-corrected chi connectivity index (χ4v) is 3.70. The summed E-state index contributed by atoms with van der Waals surface area (Å²) in [6.07, 6.45) is 3.36. The largest absolute Gasteiger partial charge is 0.481 e. The summed E-state index contributed by atoms with van der Waals surface area (Å²) in [4.78, 5) is 31.6. The van der Waals surface area contributed by atoms with Crippen LogP contribution in [0.3, 0.4) is 0 Å². The summed E-state index contributed by atoms with van der Waals surface area (Å²) in [6, 6.07) is 9.65. The molecule has 2 aromatic heterocycles. The van der Waals surface area contributed by atoms with Crippen LogP contribution in [0.4, 0.5) is 4.79 Å². The fraction of sp³-hybridized carbons (Fsp3) is 0.333. The van der Waals surface area contributed by atoms with Crippen LogP contribution in [0.2, 0.25) is 0 Å². The first-order valence-corrected chi connectivity index (χ1v) is 8.52. The van der Waals surface area contributed by atoms with Crippen molar-refractivity contribution in [2.75, 3.05) is 0 Å². The molecule has 1 saturated carbocycles. The number of H-pyrrole nitrogens is 1. The maximum atomic E-state index is 12.1. The van der Waals surface area contributed by atoms with Gasteiger partial charge in [-0.3, -0.25) is 4.79 Å². The summed E-state index contributed by atoms with van der Waals surface area (Å²) in [5, 5.41) is 14.1. The molecule has 0 atom stereocenters. The minimum atomic E-state index is -1.20. The normalized spacial score (nSPS) is 16.6. The number of aromatic nitrogens is 4. The van der Waals surface area contributed by atoms with E-state index in [2.05, 4.69) is 21.1 Å². The van der Waals surface area contributed by atoms with Crippen molar-refractivity contribution in [3.05, 3.63) is 36.0 Å². The van der Waals surface area contributed by atoms with E-state index in [1.165, 1.54) is 0 Å². The average molecular weight is 352 g/mol. The molecule has 0 bridgehead atoms. The molecule has 2 heterocycles. The Morgan fingerprint density at radius 2 is 1.96 bits per heavy atom. The van der Waals surface area contributed by atoms with Crippen molar-refractivity contribution in [3.63, 3.8) is 0 Å². The maximum absolute atomic E-state index is 12.1. The summed E-state index contributed by atoms with van der Waals surface area (Å²) >= 11 is 0. The quantitative estimate of drug-likeness (QED) is 0.667. The van der Waals surface area contributed by atoms with Gasteiger partial charge in [0.05, 0.1) is 16.7 Å². The standard InChI is InChI=1S/C18H18N5O3/c19-17(26)23-14(18(16(24)25)8-4-1-5-9-18)10-13(22-23)15-20-11-6-2-3-7-12(11)21-15/h2-3,6-7H,1,4-5,8-9H2,(H2,19,26)(H,20,21)(H,24,25). The zero-order chi connectivity index (χ0) is 18.3. The topological polar surface area (TPSA) is 127 Å². The number of aliphatic carboxylic acids is 1. The molecule has 3 aromatic rings. The Kier molecular flexibility index (Phi) is 3.75. The second-order valence-electron chi connectivity index (χ2n) is 6.62. The van der Waals surface area contributed by atoms with Gasteiger partial charge >= 0.3 is 12.0 Å². The van der Waals surface area contributed by atoms with E-state index in [9.17, 15) is 14.7 Å². The Hall–Kier alpha value is -3.16. The van der Waals surface area contributed by atoms with Gasteiger partial charge in [-0.1, -0.05) is 31.4 Å². The van der Waals surface area contributed by atoms with Gasteiger partial charge in [0.15, 0.2) is 5.82 Å². The number of carboxylic acid groups (broad SMARTS) is 1. The van der Waals surface area contributed by atoms with Gasteiger partial charge in [-0.05, 0) is 25.0 Å². The van der Waals surface area contributed by atoms with E-state index in [-0.39, 0.29) is 11.4 Å². The summed E-state index contributed by atoms with van der Waals surface area (Å²) < 4.78 is 0.960. The average Bonchev–Trinajstić information content (AvgIpc) is 3.26. The van der Waals surface area contributed by atoms with Crippen molar-refractivity contribution < 1.29 is 14.7 Å². The number of nitrogens with two attached hydrogens (primary N) is 1. The summed E-state index contributed by atoms with van der Waals surface area (Å²) in [5.41, 5.74) is 6.30. The van der Waals surface area contributed by atoms with Gasteiger partial charge in [-0.2, -0.15) is 9.78 Å². The van der Waals surface area contributed by atoms with Gasteiger partial charge in [0.25, 0.3) is 0 Å². The first-order chi connectivity index (χ1) is 12.5. The highest BCUT2D eigenvalue weighted by Gasteiger charge is 2.45. The lowest BCUT2D eigenvalue weighted by molar-refractivity contribution is -0.145. The second kappa shape index (κ2) is 5.98. The van der Waals surface area contributed by atoms with E-state index >= 15 is 0 Å². The number of para-hydroxylation sites is 2. The van der Waals surface area contributed by atoms with Gasteiger partial charge in [0.2, 0.25) is 0 Å². The van der Waals surface area contributed by atoms with Crippen LogP contribution in [0.1, 0.15) is 37.8 Å². The smallest absolute Gasteiger partial charge is 0.339 e. The molecule has 0 unspecified atom stereocenters. The lowest BCUT2D eigenvalue weighted by Crippen LogP contribution is -2.41. The monoisotopic (exact) mass is 352 g/mol. The maximum Gasteiger partial charge on any atom is 0.339 e. The third kappa shape index (κ3) is 2.45. The number of hydrogen-bond acceptors (Lipinski definition) is 4. The van der Waals surface area contributed by atoms with E-state index in [0.29, 0.717) is 18.7 Å². The molecule has 26 heavy (non-hydrogen) atoms. The van der Waals surface area contributed by atoms with Gasteiger partial charge in [-0.15, -0.1) is 0 Å². The Labute approximate surface area is 149 Å². The number of hydrogen-bond donors (Lipinski definition) is 3. The lowest BCUT2D eigenvalue weighted by atomic mass is 9.71. The molecular formula is C18H18N5O3.